The van der Waals surface area contributed by atoms with Gasteiger partial charge in [-0.05, 0) is 41.3 Å². The van der Waals surface area contributed by atoms with E-state index < -0.39 is 18.4 Å². The molecule has 3 rings (SSSR count). The van der Waals surface area contributed by atoms with Crippen LogP contribution < -0.4 is 14.8 Å². The van der Waals surface area contributed by atoms with Crippen molar-refractivity contribution >= 4 is 57.8 Å². The van der Waals surface area contributed by atoms with Crippen LogP contribution in [0.25, 0.3) is 6.08 Å². The lowest BCUT2D eigenvalue weighted by atomic mass is 10.0. The summed E-state index contributed by atoms with van der Waals surface area (Å²) in [5.41, 5.74) is 2.41. The lowest BCUT2D eigenvalue weighted by Crippen LogP contribution is -2.33. The van der Waals surface area contributed by atoms with Crippen LogP contribution in [-0.4, -0.2) is 52.4 Å². The molecule has 0 aromatic heterocycles. The molecular weight excluding hydrogens is 476 g/mol. The van der Waals surface area contributed by atoms with Gasteiger partial charge in [-0.2, -0.15) is 0 Å². The van der Waals surface area contributed by atoms with Crippen LogP contribution >= 0.6 is 24.0 Å². The Kier molecular flexibility index (Phi) is 8.30. The fraction of sp³-hybridized carbons (Fsp3) is 0.250. The highest BCUT2D eigenvalue weighted by Gasteiger charge is 2.33. The predicted molar refractivity (Wildman–Crippen MR) is 135 cm³/mol. The molecule has 1 fully saturated rings. The second-order valence-corrected chi connectivity index (χ2v) is 9.33. The van der Waals surface area contributed by atoms with Crippen molar-refractivity contribution in [2.24, 2.45) is 0 Å². The van der Waals surface area contributed by atoms with Gasteiger partial charge in [0.1, 0.15) is 10.9 Å². The molecule has 178 valence electrons. The molecule has 10 heteroatoms. The molecule has 0 atom stereocenters. The molecule has 1 heterocycles. The van der Waals surface area contributed by atoms with E-state index in [1.54, 1.807) is 24.3 Å². The Morgan fingerprint density at radius 1 is 1.21 bits per heavy atom. The number of benzene rings is 2. The van der Waals surface area contributed by atoms with Gasteiger partial charge >= 0.3 is 5.97 Å². The van der Waals surface area contributed by atoms with E-state index >= 15 is 0 Å². The summed E-state index contributed by atoms with van der Waals surface area (Å²) in [4.78, 5) is 37.2. The van der Waals surface area contributed by atoms with Gasteiger partial charge in [0.2, 0.25) is 0 Å². The highest BCUT2D eigenvalue weighted by molar-refractivity contribution is 8.26. The first-order valence-corrected chi connectivity index (χ1v) is 11.6. The number of rotatable bonds is 9. The van der Waals surface area contributed by atoms with E-state index in [0.29, 0.717) is 22.0 Å². The number of thiocarbonyl (C=S) groups is 1. The Morgan fingerprint density at radius 3 is 2.62 bits per heavy atom. The van der Waals surface area contributed by atoms with E-state index in [9.17, 15) is 14.4 Å². The predicted octanol–water partition coefficient (Wildman–Crippen LogP) is 4.12. The monoisotopic (exact) mass is 500 g/mol. The van der Waals surface area contributed by atoms with Crippen LogP contribution in [0.2, 0.25) is 0 Å². The molecule has 0 saturated carbocycles. The van der Waals surface area contributed by atoms with Crippen LogP contribution in [0.5, 0.6) is 11.5 Å². The highest BCUT2D eigenvalue weighted by Crippen LogP contribution is 2.34. The number of hydrogen-bond acceptors (Lipinski definition) is 7. The summed E-state index contributed by atoms with van der Waals surface area (Å²) in [6.45, 7) is 3.41. The number of carbonyl (C=O) groups excluding carboxylic acids is 2. The summed E-state index contributed by atoms with van der Waals surface area (Å²) in [6.07, 6.45) is 1.60. The van der Waals surface area contributed by atoms with E-state index in [-0.39, 0.29) is 22.8 Å². The number of carboxylic acid groups (broad SMARTS) is 1. The lowest BCUT2D eigenvalue weighted by Gasteiger charge is -2.15. The largest absolute Gasteiger partial charge is 0.493 e. The van der Waals surface area contributed by atoms with Gasteiger partial charge in [-0.25, -0.2) is 0 Å². The van der Waals surface area contributed by atoms with E-state index in [1.807, 2.05) is 24.3 Å². The van der Waals surface area contributed by atoms with Crippen molar-refractivity contribution in [1.82, 2.24) is 4.90 Å². The number of para-hydroxylation sites is 1. The Balaban J connectivity index is 1.68. The number of thioether (sulfide) groups is 1. The van der Waals surface area contributed by atoms with Gasteiger partial charge in [-0.1, -0.05) is 62.1 Å². The van der Waals surface area contributed by atoms with Crippen molar-refractivity contribution < 1.29 is 29.0 Å². The molecule has 0 bridgehead atoms. The average molecular weight is 501 g/mol. The first-order chi connectivity index (χ1) is 16.2. The molecule has 2 aromatic carbocycles. The van der Waals surface area contributed by atoms with Crippen molar-refractivity contribution in [2.75, 3.05) is 25.6 Å². The Labute approximate surface area is 206 Å². The second-order valence-electron chi connectivity index (χ2n) is 7.65. The Morgan fingerprint density at radius 2 is 1.94 bits per heavy atom. The van der Waals surface area contributed by atoms with Crippen LogP contribution in [-0.2, 0) is 14.4 Å². The van der Waals surface area contributed by atoms with Crippen molar-refractivity contribution in [3.63, 3.8) is 0 Å². The SMILES string of the molecule is COc1cc(/C=C2\SC(=S)N(CC(=O)O)C2=O)ccc1OCC(=O)Nc1ccccc1C(C)C. The molecule has 1 aliphatic heterocycles. The summed E-state index contributed by atoms with van der Waals surface area (Å²) in [5.74, 6) is -0.904. The number of anilines is 1. The molecule has 0 aliphatic carbocycles. The maximum absolute atomic E-state index is 12.5. The van der Waals surface area contributed by atoms with E-state index in [0.717, 1.165) is 27.9 Å². The number of carbonyl (C=O) groups is 3. The molecule has 2 amide bonds. The van der Waals surface area contributed by atoms with Gasteiger partial charge in [0.25, 0.3) is 11.8 Å². The zero-order chi connectivity index (χ0) is 24.8. The standard InChI is InChI=1S/C24H24N2O6S2/c1-14(2)16-6-4-5-7-17(16)25-21(27)13-32-18-9-8-15(10-19(18)31-3)11-20-23(30)26(12-22(28)29)24(33)34-20/h4-11,14H,12-13H2,1-3H3,(H,25,27)(H,28,29)/b20-11-. The van der Waals surface area contributed by atoms with Crippen LogP contribution in [0.1, 0.15) is 30.9 Å². The zero-order valence-electron chi connectivity index (χ0n) is 18.9. The summed E-state index contributed by atoms with van der Waals surface area (Å²) >= 11 is 6.14. The van der Waals surface area contributed by atoms with Crippen molar-refractivity contribution in [1.29, 1.82) is 0 Å². The number of nitrogens with one attached hydrogen (secondary N) is 1. The first-order valence-electron chi connectivity index (χ1n) is 10.4. The molecular formula is C24H24N2O6S2. The van der Waals surface area contributed by atoms with Crippen molar-refractivity contribution in [3.8, 4) is 11.5 Å². The molecule has 2 aromatic rings. The quantitative estimate of drug-likeness (QED) is 0.391. The van der Waals surface area contributed by atoms with Crippen LogP contribution in [0.3, 0.4) is 0 Å². The number of ether oxygens (including phenoxy) is 2. The number of amides is 2. The van der Waals surface area contributed by atoms with E-state index in [4.69, 9.17) is 26.8 Å². The van der Waals surface area contributed by atoms with Crippen molar-refractivity contribution in [3.05, 3.63) is 58.5 Å². The second kappa shape index (κ2) is 11.2. The molecule has 2 N–H and O–H groups in total. The summed E-state index contributed by atoms with van der Waals surface area (Å²) in [6, 6.07) is 12.6. The minimum atomic E-state index is -1.14. The Bertz CT molecular complexity index is 1160. The zero-order valence-corrected chi connectivity index (χ0v) is 20.5. The highest BCUT2D eigenvalue weighted by atomic mass is 32.2. The van der Waals surface area contributed by atoms with Crippen molar-refractivity contribution in [2.45, 2.75) is 19.8 Å². The van der Waals surface area contributed by atoms with Gasteiger partial charge in [-0.3, -0.25) is 19.3 Å². The van der Waals surface area contributed by atoms with Crippen LogP contribution in [0.4, 0.5) is 5.69 Å². The fourth-order valence-corrected chi connectivity index (χ4v) is 4.52. The molecule has 0 spiro atoms. The molecule has 8 nitrogen and oxygen atoms in total. The van der Waals surface area contributed by atoms with Crippen LogP contribution in [0, 0.1) is 0 Å². The summed E-state index contributed by atoms with van der Waals surface area (Å²) in [5, 5.41) is 11.8. The number of carboxylic acids is 1. The van der Waals surface area contributed by atoms with Crippen LogP contribution in [0.15, 0.2) is 47.4 Å². The minimum absolute atomic E-state index is 0.190. The normalized spacial score (nSPS) is 14.6. The number of hydrogen-bond donors (Lipinski definition) is 2. The van der Waals surface area contributed by atoms with Gasteiger partial charge in [0.15, 0.2) is 18.1 Å². The van der Waals surface area contributed by atoms with E-state index in [1.165, 1.54) is 7.11 Å². The fourth-order valence-electron chi connectivity index (χ4n) is 3.26. The lowest BCUT2D eigenvalue weighted by molar-refractivity contribution is -0.140. The smallest absolute Gasteiger partial charge is 0.323 e. The topological polar surface area (TPSA) is 105 Å². The third kappa shape index (κ3) is 6.15. The summed E-state index contributed by atoms with van der Waals surface area (Å²) < 4.78 is 11.2. The van der Waals surface area contributed by atoms with E-state index in [2.05, 4.69) is 19.2 Å². The third-order valence-corrected chi connectivity index (χ3v) is 6.25. The number of methoxy groups -OCH3 is 1. The number of aliphatic carboxylic acids is 1. The van der Waals surface area contributed by atoms with Gasteiger partial charge < -0.3 is 19.9 Å². The molecule has 1 aliphatic rings. The molecule has 0 unspecified atom stereocenters. The number of nitrogens with zero attached hydrogens (tertiary/aromatic N) is 1. The first kappa shape index (κ1) is 25.3. The minimum Gasteiger partial charge on any atom is -0.493 e. The molecule has 0 radical (unpaired) electrons. The summed E-state index contributed by atoms with van der Waals surface area (Å²) in [7, 11) is 1.47. The Hall–Kier alpha value is -3.37. The van der Waals surface area contributed by atoms with Gasteiger partial charge in [-0.15, -0.1) is 0 Å². The third-order valence-electron chi connectivity index (χ3n) is 4.87. The van der Waals surface area contributed by atoms with Gasteiger partial charge in [0.05, 0.1) is 12.0 Å². The molecule has 1 saturated heterocycles. The maximum atomic E-state index is 12.5. The molecule has 34 heavy (non-hydrogen) atoms. The average Bonchev–Trinajstić information content (AvgIpc) is 3.05. The van der Waals surface area contributed by atoms with Gasteiger partial charge in [0, 0.05) is 5.69 Å². The maximum Gasteiger partial charge on any atom is 0.323 e.